The van der Waals surface area contributed by atoms with Gasteiger partial charge in [0.15, 0.2) is 0 Å². The Balaban J connectivity index is 1.81. The molecule has 20 heavy (non-hydrogen) atoms. The number of nitrogens with two attached hydrogens (primary N) is 1. The Morgan fingerprint density at radius 2 is 2.05 bits per heavy atom. The molecule has 0 saturated heterocycles. The Morgan fingerprint density at radius 3 is 2.85 bits per heavy atom. The lowest BCUT2D eigenvalue weighted by Gasteiger charge is -2.30. The van der Waals surface area contributed by atoms with Crippen molar-refractivity contribution in [2.24, 2.45) is 0 Å². The van der Waals surface area contributed by atoms with Crippen molar-refractivity contribution in [2.45, 2.75) is 50.7 Å². The van der Waals surface area contributed by atoms with Gasteiger partial charge in [-0.2, -0.15) is 0 Å². The van der Waals surface area contributed by atoms with Crippen LogP contribution in [-0.4, -0.2) is 23.2 Å². The number of amides is 1. The van der Waals surface area contributed by atoms with Crippen LogP contribution >= 0.6 is 0 Å². The Hall–Kier alpha value is -1.75. The van der Waals surface area contributed by atoms with Gasteiger partial charge in [-0.15, -0.1) is 0 Å². The normalized spacial score (nSPS) is 25.8. The molecule has 5 heteroatoms. The molecule has 1 aromatic rings. The molecule has 2 atom stereocenters. The summed E-state index contributed by atoms with van der Waals surface area (Å²) < 4.78 is 0. The number of aryl methyl sites for hydroxylation is 1. The second-order valence-electron chi connectivity index (χ2n) is 5.75. The largest absolute Gasteiger partial charge is 0.397 e. The van der Waals surface area contributed by atoms with Crippen molar-refractivity contribution in [3.05, 3.63) is 17.7 Å². The van der Waals surface area contributed by atoms with Crippen molar-refractivity contribution in [1.82, 2.24) is 0 Å². The molecule has 2 unspecified atom stereocenters. The van der Waals surface area contributed by atoms with Gasteiger partial charge in [-0.25, -0.2) is 0 Å². The van der Waals surface area contributed by atoms with Gasteiger partial charge < -0.3 is 21.5 Å². The molecule has 0 radical (unpaired) electrons. The number of nitrogen functional groups attached to an aromatic ring is 1. The highest BCUT2D eigenvalue weighted by molar-refractivity contribution is 5.95. The lowest BCUT2D eigenvalue weighted by atomic mass is 9.92. The third kappa shape index (κ3) is 2.58. The number of nitrogens with one attached hydrogen (secondary N) is 2. The van der Waals surface area contributed by atoms with E-state index in [-0.39, 0.29) is 18.1 Å². The number of anilines is 3. The maximum atomic E-state index is 11.4. The van der Waals surface area contributed by atoms with E-state index in [1.165, 1.54) is 0 Å². The molecule has 5 N–H and O–H groups in total. The van der Waals surface area contributed by atoms with Gasteiger partial charge in [0, 0.05) is 12.1 Å². The van der Waals surface area contributed by atoms with Crippen molar-refractivity contribution < 1.29 is 9.90 Å². The summed E-state index contributed by atoms with van der Waals surface area (Å²) >= 11 is 0. The van der Waals surface area contributed by atoms with Crippen LogP contribution in [0.4, 0.5) is 17.1 Å². The minimum atomic E-state index is -0.307. The Bertz CT molecular complexity index is 530. The van der Waals surface area contributed by atoms with E-state index in [0.717, 1.165) is 49.0 Å². The number of aliphatic hydroxyl groups is 1. The minimum Gasteiger partial charge on any atom is -0.397 e. The van der Waals surface area contributed by atoms with E-state index >= 15 is 0 Å². The van der Waals surface area contributed by atoms with E-state index in [9.17, 15) is 9.90 Å². The lowest BCUT2D eigenvalue weighted by Crippen LogP contribution is -2.36. The third-order valence-corrected chi connectivity index (χ3v) is 4.24. The molecule has 1 amide bonds. The number of carbonyl (C=O) groups excluding carboxylic acids is 1. The second kappa shape index (κ2) is 5.32. The summed E-state index contributed by atoms with van der Waals surface area (Å²) in [5.74, 6) is 0.0420. The van der Waals surface area contributed by atoms with Gasteiger partial charge in [-0.1, -0.05) is 12.8 Å². The van der Waals surface area contributed by atoms with Crippen LogP contribution in [0, 0.1) is 0 Å². The Morgan fingerprint density at radius 1 is 1.25 bits per heavy atom. The van der Waals surface area contributed by atoms with Crippen LogP contribution in [0.3, 0.4) is 0 Å². The molecule has 1 fully saturated rings. The highest BCUT2D eigenvalue weighted by Crippen LogP contribution is 2.32. The molecule has 1 aliphatic heterocycles. The third-order valence-electron chi connectivity index (χ3n) is 4.24. The standard InChI is InChI=1S/C15H21N3O2/c16-10-8-12-9(5-6-15(20)18-12)7-13(10)17-11-3-1-2-4-14(11)19/h7-8,11,14,17,19H,1-6,16H2,(H,18,20). The average Bonchev–Trinajstić information content (AvgIpc) is 2.42. The van der Waals surface area contributed by atoms with E-state index in [1.807, 2.05) is 12.1 Å². The zero-order valence-corrected chi connectivity index (χ0v) is 11.5. The first-order valence-corrected chi connectivity index (χ1v) is 7.30. The molecule has 0 bridgehead atoms. The SMILES string of the molecule is Nc1cc2c(cc1NC1CCCCC1O)CCC(=O)N2. The summed E-state index contributed by atoms with van der Waals surface area (Å²) in [7, 11) is 0. The van der Waals surface area contributed by atoms with Gasteiger partial charge in [0.05, 0.1) is 23.5 Å². The van der Waals surface area contributed by atoms with Crippen LogP contribution in [-0.2, 0) is 11.2 Å². The zero-order valence-electron chi connectivity index (χ0n) is 11.5. The van der Waals surface area contributed by atoms with Crippen LogP contribution < -0.4 is 16.4 Å². The minimum absolute atomic E-state index is 0.0420. The van der Waals surface area contributed by atoms with Crippen LogP contribution in [0.15, 0.2) is 12.1 Å². The van der Waals surface area contributed by atoms with Crippen LogP contribution in [0.25, 0.3) is 0 Å². The van der Waals surface area contributed by atoms with Crippen molar-refractivity contribution >= 4 is 23.0 Å². The fourth-order valence-corrected chi connectivity index (χ4v) is 3.05. The van der Waals surface area contributed by atoms with Crippen molar-refractivity contribution in [1.29, 1.82) is 0 Å². The second-order valence-corrected chi connectivity index (χ2v) is 5.75. The molecule has 1 aromatic carbocycles. The van der Waals surface area contributed by atoms with Crippen molar-refractivity contribution in [3.63, 3.8) is 0 Å². The van der Waals surface area contributed by atoms with Crippen LogP contribution in [0.5, 0.6) is 0 Å². The summed E-state index contributed by atoms with van der Waals surface area (Å²) in [6.07, 6.45) is 4.98. The molecule has 5 nitrogen and oxygen atoms in total. The fourth-order valence-electron chi connectivity index (χ4n) is 3.05. The van der Waals surface area contributed by atoms with E-state index in [2.05, 4.69) is 10.6 Å². The van der Waals surface area contributed by atoms with Gasteiger partial charge in [-0.3, -0.25) is 4.79 Å². The molecule has 1 saturated carbocycles. The first-order chi connectivity index (χ1) is 9.63. The maximum absolute atomic E-state index is 11.4. The summed E-state index contributed by atoms with van der Waals surface area (Å²) in [6, 6.07) is 3.89. The van der Waals surface area contributed by atoms with Crippen molar-refractivity contribution in [2.75, 3.05) is 16.4 Å². The quantitative estimate of drug-likeness (QED) is 0.621. The maximum Gasteiger partial charge on any atom is 0.224 e. The molecule has 0 aromatic heterocycles. The lowest BCUT2D eigenvalue weighted by molar-refractivity contribution is -0.116. The molecular weight excluding hydrogens is 254 g/mol. The highest BCUT2D eigenvalue weighted by atomic mass is 16.3. The van der Waals surface area contributed by atoms with Gasteiger partial charge >= 0.3 is 0 Å². The summed E-state index contributed by atoms with van der Waals surface area (Å²) in [6.45, 7) is 0. The first kappa shape index (κ1) is 13.2. The fraction of sp³-hybridized carbons (Fsp3) is 0.533. The predicted octanol–water partition coefficient (Wildman–Crippen LogP) is 1.87. The predicted molar refractivity (Wildman–Crippen MR) is 79.7 cm³/mol. The van der Waals surface area contributed by atoms with Crippen LogP contribution in [0.1, 0.15) is 37.7 Å². The summed E-state index contributed by atoms with van der Waals surface area (Å²) in [5, 5.41) is 16.3. The number of aliphatic hydroxyl groups excluding tert-OH is 1. The van der Waals surface area contributed by atoms with Gasteiger partial charge in [0.1, 0.15) is 0 Å². The molecular formula is C15H21N3O2. The number of hydrogen-bond donors (Lipinski definition) is 4. The van der Waals surface area contributed by atoms with Gasteiger partial charge in [-0.05, 0) is 37.0 Å². The smallest absolute Gasteiger partial charge is 0.224 e. The number of fused-ring (bicyclic) bond motifs is 1. The van der Waals surface area contributed by atoms with Gasteiger partial charge in [0.25, 0.3) is 0 Å². The van der Waals surface area contributed by atoms with E-state index in [4.69, 9.17) is 5.73 Å². The van der Waals surface area contributed by atoms with Crippen molar-refractivity contribution in [3.8, 4) is 0 Å². The number of hydrogen-bond acceptors (Lipinski definition) is 4. The molecule has 108 valence electrons. The molecule has 3 rings (SSSR count). The molecule has 2 aliphatic rings. The van der Waals surface area contributed by atoms with Crippen LogP contribution in [0.2, 0.25) is 0 Å². The first-order valence-electron chi connectivity index (χ1n) is 7.30. The van der Waals surface area contributed by atoms with E-state index < -0.39 is 0 Å². The van der Waals surface area contributed by atoms with Gasteiger partial charge in [0.2, 0.25) is 5.91 Å². The highest BCUT2D eigenvalue weighted by Gasteiger charge is 2.24. The number of rotatable bonds is 2. The summed E-state index contributed by atoms with van der Waals surface area (Å²) in [4.78, 5) is 11.4. The average molecular weight is 275 g/mol. The Kier molecular flexibility index (Phi) is 3.53. The number of carbonyl (C=O) groups is 1. The number of benzene rings is 1. The van der Waals surface area contributed by atoms with E-state index in [1.54, 1.807) is 0 Å². The molecule has 1 aliphatic carbocycles. The summed E-state index contributed by atoms with van der Waals surface area (Å²) in [5.41, 5.74) is 9.46. The van der Waals surface area contributed by atoms with E-state index in [0.29, 0.717) is 12.1 Å². The Labute approximate surface area is 118 Å². The topological polar surface area (TPSA) is 87.4 Å². The monoisotopic (exact) mass is 275 g/mol. The molecule has 1 heterocycles. The molecule has 0 spiro atoms. The zero-order chi connectivity index (χ0) is 14.1.